The number of carbonyl (C=O) groups is 1. The van der Waals surface area contributed by atoms with Crippen LogP contribution in [0.15, 0.2) is 11.0 Å². The fraction of sp³-hybridized carbons (Fsp3) is 0.562. The van der Waals surface area contributed by atoms with Crippen molar-refractivity contribution in [3.8, 4) is 0 Å². The minimum atomic E-state index is -0.313. The summed E-state index contributed by atoms with van der Waals surface area (Å²) in [6.07, 6.45) is 3.71. The molecule has 23 heavy (non-hydrogen) atoms. The Morgan fingerprint density at radius 1 is 1.35 bits per heavy atom. The van der Waals surface area contributed by atoms with Crippen LogP contribution in [0.3, 0.4) is 0 Å². The number of rotatable bonds is 7. The molecular weight excluding hydrogens is 314 g/mol. The summed E-state index contributed by atoms with van der Waals surface area (Å²) in [4.78, 5) is 33.0. The summed E-state index contributed by atoms with van der Waals surface area (Å²) in [5.41, 5.74) is 0.609. The summed E-state index contributed by atoms with van der Waals surface area (Å²) in [5.74, 6) is -0.304. The van der Waals surface area contributed by atoms with E-state index >= 15 is 0 Å². The molecule has 0 spiro atoms. The number of amides is 1. The van der Waals surface area contributed by atoms with Crippen molar-refractivity contribution >= 4 is 22.2 Å². The zero-order valence-electron chi connectivity index (χ0n) is 13.8. The van der Waals surface area contributed by atoms with Gasteiger partial charge in [0, 0.05) is 36.5 Å². The summed E-state index contributed by atoms with van der Waals surface area (Å²) in [6.45, 7) is 6.89. The van der Waals surface area contributed by atoms with Crippen molar-refractivity contribution in [2.75, 3.05) is 19.7 Å². The van der Waals surface area contributed by atoms with Gasteiger partial charge in [0.25, 0.3) is 11.5 Å². The first-order chi connectivity index (χ1) is 11.0. The van der Waals surface area contributed by atoms with E-state index in [1.165, 1.54) is 21.9 Å². The van der Waals surface area contributed by atoms with Crippen LogP contribution in [0.5, 0.6) is 0 Å². The summed E-state index contributed by atoms with van der Waals surface area (Å²) >= 11 is 1.44. The van der Waals surface area contributed by atoms with Gasteiger partial charge in [-0.3, -0.25) is 14.0 Å². The van der Waals surface area contributed by atoms with Crippen LogP contribution >= 0.6 is 11.3 Å². The van der Waals surface area contributed by atoms with Crippen molar-refractivity contribution in [3.05, 3.63) is 32.7 Å². The van der Waals surface area contributed by atoms with E-state index in [4.69, 9.17) is 5.11 Å². The second-order valence-corrected chi connectivity index (χ2v) is 6.74. The zero-order valence-corrected chi connectivity index (χ0v) is 14.7. The minimum Gasteiger partial charge on any atom is -0.396 e. The Labute approximate surface area is 139 Å². The Hall–Kier alpha value is -1.73. The molecular formula is C16H23N3O3S. The van der Waals surface area contributed by atoms with E-state index in [1.54, 1.807) is 4.90 Å². The molecule has 1 amide bonds. The minimum absolute atomic E-state index is 0.0228. The number of aliphatic hydroxyl groups is 1. The van der Waals surface area contributed by atoms with Gasteiger partial charge in [0.2, 0.25) is 0 Å². The Bertz CT molecular complexity index is 743. The molecule has 126 valence electrons. The van der Waals surface area contributed by atoms with Gasteiger partial charge >= 0.3 is 0 Å². The first-order valence-corrected chi connectivity index (χ1v) is 8.70. The van der Waals surface area contributed by atoms with Crippen molar-refractivity contribution in [1.29, 1.82) is 0 Å². The molecule has 1 N–H and O–H groups in total. The van der Waals surface area contributed by atoms with Gasteiger partial charge in [-0.2, -0.15) is 0 Å². The number of carbonyl (C=O) groups excluding carboxylic acids is 1. The largest absolute Gasteiger partial charge is 0.396 e. The highest BCUT2D eigenvalue weighted by Crippen LogP contribution is 2.18. The number of aromatic nitrogens is 2. The molecule has 0 fully saturated rings. The number of aliphatic hydroxyl groups excluding tert-OH is 1. The van der Waals surface area contributed by atoms with Crippen LogP contribution < -0.4 is 5.56 Å². The monoisotopic (exact) mass is 337 g/mol. The molecule has 7 heteroatoms. The molecule has 2 aromatic rings. The third-order valence-electron chi connectivity index (χ3n) is 3.90. The molecule has 0 radical (unpaired) electrons. The standard InChI is InChI=1S/C16H23N3O3S/c1-4-5-7-18(8-6-9-20)14(21)13-10-17-16-19(15(13)22)11(2)12(3)23-16/h10,20H,4-9H2,1-3H3. The molecule has 2 aromatic heterocycles. The van der Waals surface area contributed by atoms with E-state index in [9.17, 15) is 9.59 Å². The smallest absolute Gasteiger partial charge is 0.271 e. The van der Waals surface area contributed by atoms with Crippen LogP contribution in [0.2, 0.25) is 0 Å². The lowest BCUT2D eigenvalue weighted by molar-refractivity contribution is 0.0740. The van der Waals surface area contributed by atoms with E-state index in [1.807, 2.05) is 13.8 Å². The third-order valence-corrected chi connectivity index (χ3v) is 4.98. The molecule has 0 saturated heterocycles. The molecule has 0 bridgehead atoms. The highest BCUT2D eigenvalue weighted by molar-refractivity contribution is 7.17. The predicted molar refractivity (Wildman–Crippen MR) is 91.3 cm³/mol. The fourth-order valence-corrected chi connectivity index (χ4v) is 3.35. The molecule has 6 nitrogen and oxygen atoms in total. The van der Waals surface area contributed by atoms with Crippen LogP contribution in [0, 0.1) is 13.8 Å². The van der Waals surface area contributed by atoms with E-state index in [2.05, 4.69) is 11.9 Å². The quantitative estimate of drug-likeness (QED) is 0.838. The molecule has 0 aromatic carbocycles. The van der Waals surface area contributed by atoms with Crippen LogP contribution in [-0.4, -0.2) is 45.0 Å². The first kappa shape index (κ1) is 17.6. The number of thiazole rings is 1. The molecule has 0 aliphatic carbocycles. The van der Waals surface area contributed by atoms with Crippen molar-refractivity contribution in [1.82, 2.24) is 14.3 Å². The molecule has 0 saturated carbocycles. The van der Waals surface area contributed by atoms with E-state index in [-0.39, 0.29) is 23.6 Å². The number of fused-ring (bicyclic) bond motifs is 1. The highest BCUT2D eigenvalue weighted by atomic mass is 32.1. The highest BCUT2D eigenvalue weighted by Gasteiger charge is 2.21. The van der Waals surface area contributed by atoms with Crippen LogP contribution in [0.4, 0.5) is 0 Å². The molecule has 0 unspecified atom stereocenters. The Kier molecular flexibility index (Phi) is 5.90. The van der Waals surface area contributed by atoms with E-state index in [0.717, 1.165) is 23.4 Å². The maximum Gasteiger partial charge on any atom is 0.271 e. The lowest BCUT2D eigenvalue weighted by Gasteiger charge is -2.21. The average Bonchev–Trinajstić information content (AvgIpc) is 2.83. The van der Waals surface area contributed by atoms with Gasteiger partial charge in [-0.05, 0) is 26.7 Å². The van der Waals surface area contributed by atoms with Gasteiger partial charge in [-0.1, -0.05) is 13.3 Å². The molecule has 0 aliphatic heterocycles. The van der Waals surface area contributed by atoms with Crippen LogP contribution in [-0.2, 0) is 0 Å². The number of unbranched alkanes of at least 4 members (excludes halogenated alkanes) is 1. The van der Waals surface area contributed by atoms with Gasteiger partial charge in [-0.15, -0.1) is 11.3 Å². The maximum atomic E-state index is 12.7. The average molecular weight is 337 g/mol. The normalized spacial score (nSPS) is 11.1. The van der Waals surface area contributed by atoms with Gasteiger partial charge in [-0.25, -0.2) is 4.98 Å². The summed E-state index contributed by atoms with van der Waals surface area (Å²) < 4.78 is 1.51. The van der Waals surface area contributed by atoms with Crippen LogP contribution in [0.1, 0.15) is 47.1 Å². The summed E-state index contributed by atoms with van der Waals surface area (Å²) in [5, 5.41) is 9.01. The maximum absolute atomic E-state index is 12.7. The van der Waals surface area contributed by atoms with Gasteiger partial charge < -0.3 is 10.0 Å². The van der Waals surface area contributed by atoms with Crippen molar-refractivity contribution in [3.63, 3.8) is 0 Å². The second kappa shape index (κ2) is 7.70. The summed E-state index contributed by atoms with van der Waals surface area (Å²) in [7, 11) is 0. The van der Waals surface area contributed by atoms with E-state index in [0.29, 0.717) is 24.5 Å². The molecule has 2 rings (SSSR count). The van der Waals surface area contributed by atoms with Gasteiger partial charge in [0.1, 0.15) is 5.56 Å². The number of nitrogens with zero attached hydrogens (tertiary/aromatic N) is 3. The predicted octanol–water partition coefficient (Wildman–Crippen LogP) is 2.00. The Balaban J connectivity index is 2.40. The molecule has 0 atom stereocenters. The Morgan fingerprint density at radius 2 is 2.04 bits per heavy atom. The number of hydrogen-bond donors (Lipinski definition) is 1. The first-order valence-electron chi connectivity index (χ1n) is 7.89. The Morgan fingerprint density at radius 3 is 2.70 bits per heavy atom. The van der Waals surface area contributed by atoms with Gasteiger partial charge in [0.05, 0.1) is 0 Å². The summed E-state index contributed by atoms with van der Waals surface area (Å²) in [6, 6.07) is 0. The lowest BCUT2D eigenvalue weighted by atomic mass is 10.2. The van der Waals surface area contributed by atoms with E-state index < -0.39 is 0 Å². The second-order valence-electron chi connectivity index (χ2n) is 5.56. The molecule has 0 aliphatic rings. The van der Waals surface area contributed by atoms with Crippen molar-refractivity contribution in [2.24, 2.45) is 0 Å². The SMILES string of the molecule is CCCCN(CCCO)C(=O)c1cnc2sc(C)c(C)n2c1=O. The topological polar surface area (TPSA) is 74.9 Å². The lowest BCUT2D eigenvalue weighted by Crippen LogP contribution is -2.37. The van der Waals surface area contributed by atoms with Crippen LogP contribution in [0.25, 0.3) is 4.96 Å². The van der Waals surface area contributed by atoms with Gasteiger partial charge in [0.15, 0.2) is 4.96 Å². The molecule has 2 heterocycles. The number of aryl methyl sites for hydroxylation is 2. The third kappa shape index (κ3) is 3.61. The zero-order chi connectivity index (χ0) is 17.0. The fourth-order valence-electron chi connectivity index (χ4n) is 2.42. The number of hydrogen-bond acceptors (Lipinski definition) is 5. The van der Waals surface area contributed by atoms with Crippen molar-refractivity contribution in [2.45, 2.75) is 40.0 Å². The van der Waals surface area contributed by atoms with Crippen molar-refractivity contribution < 1.29 is 9.90 Å².